The number of rotatable bonds is 7. The lowest BCUT2D eigenvalue weighted by Crippen LogP contribution is -2.30. The maximum atomic E-state index is 11.0. The molecule has 1 unspecified atom stereocenters. The van der Waals surface area contributed by atoms with Crippen molar-refractivity contribution in [2.45, 2.75) is 19.4 Å². The summed E-state index contributed by atoms with van der Waals surface area (Å²) in [7, 11) is 0. The molecule has 0 aliphatic carbocycles. The predicted molar refractivity (Wildman–Crippen MR) is 64.7 cm³/mol. The zero-order chi connectivity index (χ0) is 11.8. The first kappa shape index (κ1) is 12.8. The van der Waals surface area contributed by atoms with Gasteiger partial charge in [-0.2, -0.15) is 11.8 Å². The SMILES string of the molecule is CCSCCC(Nc1ncccn1)C(=O)O. The van der Waals surface area contributed by atoms with E-state index in [0.717, 1.165) is 11.5 Å². The van der Waals surface area contributed by atoms with Crippen molar-refractivity contribution in [1.82, 2.24) is 9.97 Å². The highest BCUT2D eigenvalue weighted by Gasteiger charge is 2.17. The molecule has 2 N–H and O–H groups in total. The molecule has 1 atom stereocenters. The average molecular weight is 241 g/mol. The number of anilines is 1. The number of aliphatic carboxylic acids is 1. The third kappa shape index (κ3) is 4.48. The van der Waals surface area contributed by atoms with Crippen LogP contribution in [0.15, 0.2) is 18.5 Å². The molecule has 1 aromatic rings. The first-order valence-corrected chi connectivity index (χ1v) is 6.23. The van der Waals surface area contributed by atoms with Crippen molar-refractivity contribution in [3.8, 4) is 0 Å². The number of hydrogen-bond donors (Lipinski definition) is 2. The molecule has 1 rings (SSSR count). The highest BCUT2D eigenvalue weighted by atomic mass is 32.2. The van der Waals surface area contributed by atoms with Gasteiger partial charge in [0, 0.05) is 12.4 Å². The van der Waals surface area contributed by atoms with Crippen molar-refractivity contribution in [2.75, 3.05) is 16.8 Å². The molecule has 5 nitrogen and oxygen atoms in total. The Bertz CT molecular complexity index is 321. The highest BCUT2D eigenvalue weighted by molar-refractivity contribution is 7.99. The minimum Gasteiger partial charge on any atom is -0.480 e. The lowest BCUT2D eigenvalue weighted by Gasteiger charge is -2.13. The molecule has 1 aromatic heterocycles. The first-order valence-electron chi connectivity index (χ1n) is 5.08. The summed E-state index contributed by atoms with van der Waals surface area (Å²) in [6.45, 7) is 2.05. The van der Waals surface area contributed by atoms with Crippen molar-refractivity contribution in [3.63, 3.8) is 0 Å². The predicted octanol–water partition coefficient (Wildman–Crippen LogP) is 1.48. The Balaban J connectivity index is 2.48. The molecule has 0 aliphatic heterocycles. The smallest absolute Gasteiger partial charge is 0.326 e. The van der Waals surface area contributed by atoms with Crippen molar-refractivity contribution in [1.29, 1.82) is 0 Å². The second kappa shape index (κ2) is 7.05. The summed E-state index contributed by atoms with van der Waals surface area (Å²) in [6.07, 6.45) is 3.72. The maximum Gasteiger partial charge on any atom is 0.326 e. The van der Waals surface area contributed by atoms with Crippen LogP contribution in [0.2, 0.25) is 0 Å². The molecule has 0 radical (unpaired) electrons. The van der Waals surface area contributed by atoms with Gasteiger partial charge in [-0.05, 0) is 24.0 Å². The third-order valence-electron chi connectivity index (χ3n) is 1.92. The van der Waals surface area contributed by atoms with E-state index in [0.29, 0.717) is 12.4 Å². The topological polar surface area (TPSA) is 75.1 Å². The fourth-order valence-corrected chi connectivity index (χ4v) is 1.82. The van der Waals surface area contributed by atoms with E-state index in [1.165, 1.54) is 0 Å². The van der Waals surface area contributed by atoms with Gasteiger partial charge >= 0.3 is 5.97 Å². The second-order valence-corrected chi connectivity index (χ2v) is 4.49. The number of nitrogens with one attached hydrogen (secondary N) is 1. The fourth-order valence-electron chi connectivity index (χ4n) is 1.13. The van der Waals surface area contributed by atoms with E-state index in [1.54, 1.807) is 30.2 Å². The first-order chi connectivity index (χ1) is 7.74. The summed E-state index contributed by atoms with van der Waals surface area (Å²) >= 11 is 1.72. The van der Waals surface area contributed by atoms with Crippen molar-refractivity contribution in [2.24, 2.45) is 0 Å². The summed E-state index contributed by atoms with van der Waals surface area (Å²) < 4.78 is 0. The van der Waals surface area contributed by atoms with E-state index >= 15 is 0 Å². The summed E-state index contributed by atoms with van der Waals surface area (Å²) in [6, 6.07) is 1.06. The summed E-state index contributed by atoms with van der Waals surface area (Å²) in [5.41, 5.74) is 0. The molecule has 6 heteroatoms. The average Bonchev–Trinajstić information content (AvgIpc) is 2.29. The van der Waals surface area contributed by atoms with E-state index in [2.05, 4.69) is 15.3 Å². The number of carboxylic acids is 1. The molecule has 1 heterocycles. The number of aromatic nitrogens is 2. The van der Waals surface area contributed by atoms with Crippen LogP contribution in [-0.2, 0) is 4.79 Å². The molecule has 0 saturated carbocycles. The van der Waals surface area contributed by atoms with E-state index < -0.39 is 12.0 Å². The molecule has 0 amide bonds. The van der Waals surface area contributed by atoms with Gasteiger partial charge in [0.25, 0.3) is 0 Å². The molecule has 0 bridgehead atoms. The van der Waals surface area contributed by atoms with Crippen LogP contribution in [0.3, 0.4) is 0 Å². The molecule has 88 valence electrons. The van der Waals surface area contributed by atoms with Gasteiger partial charge in [-0.15, -0.1) is 0 Å². The van der Waals surface area contributed by atoms with Crippen LogP contribution in [0.25, 0.3) is 0 Å². The zero-order valence-electron chi connectivity index (χ0n) is 9.09. The molecule has 16 heavy (non-hydrogen) atoms. The molecule has 0 saturated heterocycles. The Morgan fingerprint density at radius 1 is 1.56 bits per heavy atom. The summed E-state index contributed by atoms with van der Waals surface area (Å²) in [5, 5.41) is 11.8. The van der Waals surface area contributed by atoms with Crippen molar-refractivity contribution < 1.29 is 9.90 Å². The van der Waals surface area contributed by atoms with Gasteiger partial charge < -0.3 is 10.4 Å². The summed E-state index contributed by atoms with van der Waals surface area (Å²) in [4.78, 5) is 18.8. The Kier molecular flexibility index (Phi) is 5.63. The van der Waals surface area contributed by atoms with Crippen LogP contribution in [-0.4, -0.2) is 38.6 Å². The molecular weight excluding hydrogens is 226 g/mol. The normalized spacial score (nSPS) is 12.1. The fraction of sp³-hybridized carbons (Fsp3) is 0.500. The number of hydrogen-bond acceptors (Lipinski definition) is 5. The molecule has 0 fully saturated rings. The molecule has 0 aliphatic rings. The molecular formula is C10H15N3O2S. The van der Waals surface area contributed by atoms with E-state index in [1.807, 2.05) is 6.92 Å². The Labute approximate surface area is 98.7 Å². The quantitative estimate of drug-likeness (QED) is 0.704. The standard InChI is InChI=1S/C10H15N3O2S/c1-2-16-7-4-8(9(14)15)13-10-11-5-3-6-12-10/h3,5-6,8H,2,4,7H2,1H3,(H,14,15)(H,11,12,13). The number of nitrogens with zero attached hydrogens (tertiary/aromatic N) is 2. The lowest BCUT2D eigenvalue weighted by atomic mass is 10.2. The number of thioether (sulfide) groups is 1. The van der Waals surface area contributed by atoms with Crippen LogP contribution in [0, 0.1) is 0 Å². The van der Waals surface area contributed by atoms with Gasteiger partial charge in [0.05, 0.1) is 0 Å². The number of carboxylic acid groups (broad SMARTS) is 1. The third-order valence-corrected chi connectivity index (χ3v) is 2.85. The molecule has 0 spiro atoms. The summed E-state index contributed by atoms with van der Waals surface area (Å²) in [5.74, 6) is 1.29. The highest BCUT2D eigenvalue weighted by Crippen LogP contribution is 2.08. The Morgan fingerprint density at radius 2 is 2.25 bits per heavy atom. The van der Waals surface area contributed by atoms with Crippen molar-refractivity contribution >= 4 is 23.7 Å². The minimum absolute atomic E-state index is 0.358. The van der Waals surface area contributed by atoms with Gasteiger partial charge in [0.2, 0.25) is 5.95 Å². The van der Waals surface area contributed by atoms with E-state index in [4.69, 9.17) is 5.11 Å². The Hall–Kier alpha value is -1.30. The number of carbonyl (C=O) groups is 1. The van der Waals surface area contributed by atoms with Gasteiger partial charge in [-0.25, -0.2) is 14.8 Å². The second-order valence-electron chi connectivity index (χ2n) is 3.09. The van der Waals surface area contributed by atoms with E-state index in [-0.39, 0.29) is 0 Å². The van der Waals surface area contributed by atoms with Crippen LogP contribution >= 0.6 is 11.8 Å². The van der Waals surface area contributed by atoms with Gasteiger partial charge in [-0.3, -0.25) is 0 Å². The van der Waals surface area contributed by atoms with Crippen LogP contribution in [0.4, 0.5) is 5.95 Å². The lowest BCUT2D eigenvalue weighted by molar-refractivity contribution is -0.137. The van der Waals surface area contributed by atoms with Crippen LogP contribution < -0.4 is 5.32 Å². The largest absolute Gasteiger partial charge is 0.480 e. The van der Waals surface area contributed by atoms with Crippen molar-refractivity contribution in [3.05, 3.63) is 18.5 Å². The minimum atomic E-state index is -0.871. The van der Waals surface area contributed by atoms with E-state index in [9.17, 15) is 4.79 Å². The van der Waals surface area contributed by atoms with Gasteiger partial charge in [0.15, 0.2) is 0 Å². The molecule has 0 aromatic carbocycles. The van der Waals surface area contributed by atoms with Crippen LogP contribution in [0.1, 0.15) is 13.3 Å². The maximum absolute atomic E-state index is 11.0. The Morgan fingerprint density at radius 3 is 2.81 bits per heavy atom. The van der Waals surface area contributed by atoms with Gasteiger partial charge in [-0.1, -0.05) is 6.92 Å². The van der Waals surface area contributed by atoms with Crippen LogP contribution in [0.5, 0.6) is 0 Å². The zero-order valence-corrected chi connectivity index (χ0v) is 9.91. The monoisotopic (exact) mass is 241 g/mol. The van der Waals surface area contributed by atoms with Gasteiger partial charge in [0.1, 0.15) is 6.04 Å².